The number of nitrogens with zero attached hydrogens (tertiary/aromatic N) is 2. The number of carbonyl (C=O) groups excluding carboxylic acids is 7. The summed E-state index contributed by atoms with van der Waals surface area (Å²) in [6.45, 7) is 0.292. The van der Waals surface area contributed by atoms with Crippen molar-refractivity contribution in [2.45, 2.75) is 32.1 Å². The molecule has 2 rings (SSSR count). The fraction of sp³-hybridized carbons (Fsp3) is 0.588. The molecule has 0 aliphatic carbocycles. The van der Waals surface area contributed by atoms with Crippen LogP contribution in [0.4, 0.5) is 0 Å². The Bertz CT molecular complexity index is 723. The van der Waals surface area contributed by atoms with Crippen LogP contribution in [0.3, 0.4) is 0 Å². The van der Waals surface area contributed by atoms with E-state index in [4.69, 9.17) is 14.7 Å². The Labute approximate surface area is 181 Å². The van der Waals surface area contributed by atoms with Gasteiger partial charge in [-0.25, -0.2) is 4.79 Å². The summed E-state index contributed by atoms with van der Waals surface area (Å²) >= 11 is 0. The van der Waals surface area contributed by atoms with Gasteiger partial charge >= 0.3 is 5.97 Å². The molecule has 2 heterocycles. The molecule has 0 aromatic heterocycles. The number of imide groups is 2. The molecule has 15 nitrogen and oxygen atoms in total. The van der Waals surface area contributed by atoms with Crippen molar-refractivity contribution in [2.75, 3.05) is 33.6 Å². The van der Waals surface area contributed by atoms with E-state index < -0.39 is 47.8 Å². The Morgan fingerprint density at radius 2 is 1.44 bits per heavy atom. The third kappa shape index (κ3) is 9.59. The average Bonchev–Trinajstić information content (AvgIpc) is 3.22. The largest absolute Gasteiger partial charge is 0.382 e. The van der Waals surface area contributed by atoms with E-state index in [2.05, 4.69) is 15.5 Å². The summed E-state index contributed by atoms with van der Waals surface area (Å²) in [7, 11) is 1.51. The van der Waals surface area contributed by atoms with Gasteiger partial charge in [0, 0.05) is 32.8 Å². The molecular formula is C17H24N4O11. The lowest BCUT2D eigenvalue weighted by Crippen LogP contribution is -2.39. The van der Waals surface area contributed by atoms with Crippen LogP contribution in [0, 0.1) is 0 Å². The normalized spacial score (nSPS) is 15.4. The van der Waals surface area contributed by atoms with Crippen molar-refractivity contribution >= 4 is 41.4 Å². The van der Waals surface area contributed by atoms with Crippen molar-refractivity contribution < 1.29 is 53.1 Å². The number of hydrogen-bond donors (Lipinski definition) is 3. The van der Waals surface area contributed by atoms with Gasteiger partial charge in [0.2, 0.25) is 11.8 Å². The fourth-order valence-corrected chi connectivity index (χ4v) is 2.14. The first-order chi connectivity index (χ1) is 15.1. The van der Waals surface area contributed by atoms with Crippen LogP contribution in [-0.2, 0) is 47.9 Å². The molecule has 0 atom stereocenters. The van der Waals surface area contributed by atoms with Gasteiger partial charge in [0.1, 0.15) is 13.2 Å². The summed E-state index contributed by atoms with van der Waals surface area (Å²) < 4.78 is 9.74. The Morgan fingerprint density at radius 3 is 1.94 bits per heavy atom. The third-order valence-electron chi connectivity index (χ3n) is 3.78. The Morgan fingerprint density at radius 1 is 0.875 bits per heavy atom. The second-order valence-electron chi connectivity index (χ2n) is 6.24. The number of hydrogen-bond acceptors (Lipinski definition) is 11. The number of rotatable bonds is 10. The zero-order chi connectivity index (χ0) is 24.1. The van der Waals surface area contributed by atoms with Crippen LogP contribution in [-0.4, -0.2) is 90.3 Å². The number of ether oxygens (including phenoxy) is 2. The summed E-state index contributed by atoms with van der Waals surface area (Å²) in [5.74, 6) is -4.65. The van der Waals surface area contributed by atoms with Gasteiger partial charge in [0.05, 0.1) is 19.8 Å². The summed E-state index contributed by atoms with van der Waals surface area (Å²) in [6, 6.07) is 0. The van der Waals surface area contributed by atoms with Gasteiger partial charge in [-0.3, -0.25) is 34.0 Å². The first-order valence-electron chi connectivity index (χ1n) is 9.37. The molecule has 2 saturated heterocycles. The number of hydroxylamine groups is 4. The van der Waals surface area contributed by atoms with Crippen LogP contribution in [0.5, 0.6) is 0 Å². The lowest BCUT2D eigenvalue weighted by atomic mass is 10.4. The minimum Gasteiger partial charge on any atom is -0.382 e. The van der Waals surface area contributed by atoms with Crippen LogP contribution in [0.2, 0.25) is 0 Å². The molecule has 2 aliphatic heterocycles. The van der Waals surface area contributed by atoms with Crippen molar-refractivity contribution in [1.29, 1.82) is 0 Å². The molecule has 0 spiro atoms. The van der Waals surface area contributed by atoms with Gasteiger partial charge in [-0.2, -0.15) is 5.06 Å². The first-order valence-corrected chi connectivity index (χ1v) is 9.37. The molecule has 178 valence electrons. The molecule has 15 heteroatoms. The van der Waals surface area contributed by atoms with Crippen molar-refractivity contribution in [3.8, 4) is 0 Å². The molecule has 0 unspecified atom stereocenters. The quantitative estimate of drug-likeness (QED) is 0.101. The monoisotopic (exact) mass is 460 g/mol. The zero-order valence-electron chi connectivity index (χ0n) is 17.3. The number of amides is 6. The number of carbonyl (C=O) groups is 7. The van der Waals surface area contributed by atoms with Crippen molar-refractivity contribution in [1.82, 2.24) is 20.8 Å². The van der Waals surface area contributed by atoms with E-state index >= 15 is 0 Å². The predicted octanol–water partition coefficient (Wildman–Crippen LogP) is -2.64. The smallest absolute Gasteiger partial charge is 0.342 e. The van der Waals surface area contributed by atoms with Gasteiger partial charge in [-0.15, -0.1) is 5.06 Å². The summed E-state index contributed by atoms with van der Waals surface area (Å²) in [5.41, 5.74) is 0. The molecule has 32 heavy (non-hydrogen) atoms. The molecule has 0 saturated carbocycles. The Hall–Kier alpha value is -3.43. The number of nitrogens with one attached hydrogen (secondary N) is 2. The van der Waals surface area contributed by atoms with E-state index in [1.807, 2.05) is 0 Å². The average molecular weight is 460 g/mol. The third-order valence-corrected chi connectivity index (χ3v) is 3.78. The highest BCUT2D eigenvalue weighted by atomic mass is 16.7. The van der Waals surface area contributed by atoms with Gasteiger partial charge in [0.15, 0.2) is 0 Å². The SMILES string of the molecule is COCCOCNC(=O)CNC(=O)CC(=O)ON1C(=O)CCC1=O.O=C1CCC(=O)N1O. The summed E-state index contributed by atoms with van der Waals surface area (Å²) in [4.78, 5) is 81.8. The second-order valence-corrected chi connectivity index (χ2v) is 6.24. The highest BCUT2D eigenvalue weighted by Gasteiger charge is 2.33. The topological polar surface area (TPSA) is 198 Å². The molecule has 0 aromatic rings. The summed E-state index contributed by atoms with van der Waals surface area (Å²) in [6.07, 6.45) is -0.505. The summed E-state index contributed by atoms with van der Waals surface area (Å²) in [5, 5.41) is 13.5. The lowest BCUT2D eigenvalue weighted by Gasteiger charge is -2.12. The van der Waals surface area contributed by atoms with Gasteiger partial charge in [0.25, 0.3) is 23.6 Å². The van der Waals surface area contributed by atoms with E-state index in [1.54, 1.807) is 0 Å². The van der Waals surface area contributed by atoms with Crippen LogP contribution in [0.1, 0.15) is 32.1 Å². The standard InChI is InChI=1S/C13H19N3O8.C4H5NO3/c1-22-4-5-23-8-15-10(18)7-14-9(17)6-13(21)24-16-11(19)2-3-12(16)20;6-3-1-2-4(7)5(3)8/h2-8H2,1H3,(H,14,17)(H,15,18);8H,1-2H2. The molecule has 3 N–H and O–H groups in total. The zero-order valence-corrected chi connectivity index (χ0v) is 17.3. The highest BCUT2D eigenvalue weighted by Crippen LogP contribution is 2.12. The van der Waals surface area contributed by atoms with E-state index in [-0.39, 0.29) is 44.0 Å². The number of methoxy groups -OCH3 is 1. The maximum Gasteiger partial charge on any atom is 0.342 e. The van der Waals surface area contributed by atoms with E-state index in [9.17, 15) is 33.6 Å². The molecule has 6 amide bonds. The molecule has 2 aliphatic rings. The van der Waals surface area contributed by atoms with Gasteiger partial charge in [-0.1, -0.05) is 0 Å². The van der Waals surface area contributed by atoms with Crippen LogP contribution < -0.4 is 10.6 Å². The molecule has 0 bridgehead atoms. The van der Waals surface area contributed by atoms with Crippen LogP contribution >= 0.6 is 0 Å². The molecule has 2 fully saturated rings. The van der Waals surface area contributed by atoms with Crippen LogP contribution in [0.15, 0.2) is 0 Å². The second kappa shape index (κ2) is 13.8. The first kappa shape index (κ1) is 26.6. The highest BCUT2D eigenvalue weighted by molar-refractivity contribution is 6.03. The molecule has 0 aromatic carbocycles. The predicted molar refractivity (Wildman–Crippen MR) is 98.5 cm³/mol. The minimum atomic E-state index is -1.07. The maximum absolute atomic E-state index is 11.5. The van der Waals surface area contributed by atoms with E-state index in [1.165, 1.54) is 7.11 Å². The van der Waals surface area contributed by atoms with Crippen molar-refractivity contribution in [3.63, 3.8) is 0 Å². The van der Waals surface area contributed by atoms with Crippen LogP contribution in [0.25, 0.3) is 0 Å². The maximum atomic E-state index is 11.5. The van der Waals surface area contributed by atoms with Crippen molar-refractivity contribution in [2.24, 2.45) is 0 Å². The molecular weight excluding hydrogens is 436 g/mol. The Balaban J connectivity index is 0.000000533. The fourth-order valence-electron chi connectivity index (χ4n) is 2.14. The van der Waals surface area contributed by atoms with Crippen molar-refractivity contribution in [3.05, 3.63) is 0 Å². The van der Waals surface area contributed by atoms with Gasteiger partial charge < -0.3 is 24.9 Å². The van der Waals surface area contributed by atoms with Gasteiger partial charge in [-0.05, 0) is 0 Å². The lowest BCUT2D eigenvalue weighted by molar-refractivity contribution is -0.197. The molecule has 0 radical (unpaired) electrons. The van der Waals surface area contributed by atoms with E-state index in [0.717, 1.165) is 0 Å². The minimum absolute atomic E-state index is 0.0368. The Kier molecular flexibility index (Phi) is 11.5. The van der Waals surface area contributed by atoms with E-state index in [0.29, 0.717) is 18.3 Å².